The fourth-order valence-electron chi connectivity index (χ4n) is 2.11. The molecule has 0 fully saturated rings. The van der Waals surface area contributed by atoms with Gasteiger partial charge in [-0.2, -0.15) is 0 Å². The molecular formula is C16H20N2O3S3. The standard InChI is InChI=1S/C16H20N2O3S3/c1-3-10-18(12-14-5-4-11-22-14)16(19)15-7-6-13(23-15)8-9-17-24(2,20)21/h3-7,11,17H,1,8-10,12H2,2H3. The van der Waals surface area contributed by atoms with Gasteiger partial charge in [-0.25, -0.2) is 13.1 Å². The molecule has 0 aliphatic rings. The van der Waals surface area contributed by atoms with Crippen molar-refractivity contribution in [1.29, 1.82) is 0 Å². The molecule has 5 nitrogen and oxygen atoms in total. The molecule has 130 valence electrons. The minimum atomic E-state index is -3.18. The third-order valence-corrected chi connectivity index (χ3v) is 5.89. The second-order valence-electron chi connectivity index (χ2n) is 5.24. The Morgan fingerprint density at radius 2 is 2.12 bits per heavy atom. The highest BCUT2D eigenvalue weighted by molar-refractivity contribution is 7.88. The van der Waals surface area contributed by atoms with Crippen LogP contribution in [0.5, 0.6) is 0 Å². The first-order chi connectivity index (χ1) is 11.4. The lowest BCUT2D eigenvalue weighted by Gasteiger charge is -2.19. The van der Waals surface area contributed by atoms with Gasteiger partial charge in [0.2, 0.25) is 10.0 Å². The summed E-state index contributed by atoms with van der Waals surface area (Å²) in [4.78, 5) is 17.2. The van der Waals surface area contributed by atoms with Crippen molar-refractivity contribution in [2.45, 2.75) is 13.0 Å². The molecule has 0 saturated heterocycles. The quantitative estimate of drug-likeness (QED) is 0.676. The molecule has 1 N–H and O–H groups in total. The van der Waals surface area contributed by atoms with Crippen molar-refractivity contribution >= 4 is 38.6 Å². The van der Waals surface area contributed by atoms with E-state index < -0.39 is 10.0 Å². The zero-order chi connectivity index (χ0) is 17.6. The highest BCUT2D eigenvalue weighted by atomic mass is 32.2. The van der Waals surface area contributed by atoms with Crippen LogP contribution in [-0.2, 0) is 23.0 Å². The summed E-state index contributed by atoms with van der Waals surface area (Å²) in [6.07, 6.45) is 3.42. The lowest BCUT2D eigenvalue weighted by atomic mass is 10.3. The fraction of sp³-hybridized carbons (Fsp3) is 0.312. The Bertz CT molecular complexity index is 779. The third-order valence-electron chi connectivity index (χ3n) is 3.17. The van der Waals surface area contributed by atoms with E-state index in [9.17, 15) is 13.2 Å². The molecule has 0 unspecified atom stereocenters. The molecule has 0 radical (unpaired) electrons. The smallest absolute Gasteiger partial charge is 0.264 e. The van der Waals surface area contributed by atoms with Crippen LogP contribution in [0.25, 0.3) is 0 Å². The Kier molecular flexibility index (Phi) is 6.73. The second kappa shape index (κ2) is 8.57. The summed E-state index contributed by atoms with van der Waals surface area (Å²) in [5.74, 6) is -0.0318. The van der Waals surface area contributed by atoms with E-state index in [1.54, 1.807) is 28.4 Å². The van der Waals surface area contributed by atoms with Gasteiger partial charge in [0.25, 0.3) is 5.91 Å². The van der Waals surface area contributed by atoms with Crippen LogP contribution in [-0.4, -0.2) is 38.6 Å². The van der Waals surface area contributed by atoms with Crippen molar-refractivity contribution in [3.05, 3.63) is 56.9 Å². The van der Waals surface area contributed by atoms with E-state index in [0.29, 0.717) is 30.9 Å². The molecule has 2 aromatic rings. The molecule has 1 amide bonds. The molecule has 24 heavy (non-hydrogen) atoms. The van der Waals surface area contributed by atoms with Crippen LogP contribution in [0, 0.1) is 0 Å². The number of rotatable bonds is 9. The Labute approximate surface area is 150 Å². The Morgan fingerprint density at radius 1 is 1.33 bits per heavy atom. The van der Waals surface area contributed by atoms with Crippen molar-refractivity contribution in [3.8, 4) is 0 Å². The average molecular weight is 385 g/mol. The molecule has 2 aromatic heterocycles. The Balaban J connectivity index is 2.00. The molecule has 0 atom stereocenters. The first-order valence-electron chi connectivity index (χ1n) is 7.35. The van der Waals surface area contributed by atoms with Crippen molar-refractivity contribution in [2.75, 3.05) is 19.3 Å². The highest BCUT2D eigenvalue weighted by Gasteiger charge is 2.17. The molecule has 0 bridgehead atoms. The van der Waals surface area contributed by atoms with Gasteiger partial charge in [-0.15, -0.1) is 29.3 Å². The number of amides is 1. The molecule has 2 rings (SSSR count). The van der Waals surface area contributed by atoms with Crippen LogP contribution in [0.3, 0.4) is 0 Å². The monoisotopic (exact) mass is 384 g/mol. The third kappa shape index (κ3) is 5.86. The minimum Gasteiger partial charge on any atom is -0.329 e. The zero-order valence-electron chi connectivity index (χ0n) is 13.4. The van der Waals surface area contributed by atoms with Gasteiger partial charge in [0.05, 0.1) is 17.7 Å². The van der Waals surface area contributed by atoms with Gasteiger partial charge in [-0.3, -0.25) is 4.79 Å². The van der Waals surface area contributed by atoms with Crippen LogP contribution in [0.1, 0.15) is 19.4 Å². The van der Waals surface area contributed by atoms with E-state index in [1.165, 1.54) is 11.3 Å². The fourth-order valence-corrected chi connectivity index (χ4v) is 4.28. The van der Waals surface area contributed by atoms with Gasteiger partial charge in [0.15, 0.2) is 0 Å². The van der Waals surface area contributed by atoms with E-state index in [1.807, 2.05) is 23.6 Å². The maximum absolute atomic E-state index is 12.7. The summed E-state index contributed by atoms with van der Waals surface area (Å²) in [6.45, 7) is 5.10. The van der Waals surface area contributed by atoms with Gasteiger partial charge < -0.3 is 4.90 Å². The first kappa shape index (κ1) is 18.9. The van der Waals surface area contributed by atoms with Crippen LogP contribution in [0.2, 0.25) is 0 Å². The normalized spacial score (nSPS) is 11.4. The summed E-state index contributed by atoms with van der Waals surface area (Å²) in [7, 11) is -3.18. The summed E-state index contributed by atoms with van der Waals surface area (Å²) in [6, 6.07) is 7.64. The summed E-state index contributed by atoms with van der Waals surface area (Å²) >= 11 is 3.02. The van der Waals surface area contributed by atoms with Crippen molar-refractivity contribution < 1.29 is 13.2 Å². The second-order valence-corrected chi connectivity index (χ2v) is 9.27. The molecular weight excluding hydrogens is 364 g/mol. The summed E-state index contributed by atoms with van der Waals surface area (Å²) < 4.78 is 24.6. The average Bonchev–Trinajstić information content (AvgIpc) is 3.16. The highest BCUT2D eigenvalue weighted by Crippen LogP contribution is 2.21. The van der Waals surface area contributed by atoms with E-state index >= 15 is 0 Å². The largest absolute Gasteiger partial charge is 0.329 e. The predicted octanol–water partition coefficient (Wildman–Crippen LogP) is 2.73. The first-order valence-corrected chi connectivity index (χ1v) is 10.9. The molecule has 0 spiro atoms. The molecule has 0 saturated carbocycles. The van der Waals surface area contributed by atoms with Crippen LogP contribution in [0.4, 0.5) is 0 Å². The number of thiophene rings is 2. The van der Waals surface area contributed by atoms with E-state index in [0.717, 1.165) is 16.0 Å². The zero-order valence-corrected chi connectivity index (χ0v) is 15.8. The lowest BCUT2D eigenvalue weighted by molar-refractivity contribution is 0.0769. The SMILES string of the molecule is C=CCN(Cc1cccs1)C(=O)c1ccc(CCNS(C)(=O)=O)s1. The molecule has 0 aliphatic carbocycles. The summed E-state index contributed by atoms with van der Waals surface area (Å²) in [5, 5.41) is 1.99. The van der Waals surface area contributed by atoms with E-state index in [-0.39, 0.29) is 5.91 Å². The van der Waals surface area contributed by atoms with E-state index in [4.69, 9.17) is 0 Å². The number of nitrogens with zero attached hydrogens (tertiary/aromatic N) is 1. The number of nitrogens with one attached hydrogen (secondary N) is 1. The van der Waals surface area contributed by atoms with Gasteiger partial charge in [-0.1, -0.05) is 12.1 Å². The van der Waals surface area contributed by atoms with Crippen molar-refractivity contribution in [3.63, 3.8) is 0 Å². The van der Waals surface area contributed by atoms with Crippen LogP contribution in [0.15, 0.2) is 42.3 Å². The summed E-state index contributed by atoms with van der Waals surface area (Å²) in [5.41, 5.74) is 0. The number of hydrogen-bond acceptors (Lipinski definition) is 5. The van der Waals surface area contributed by atoms with Crippen molar-refractivity contribution in [1.82, 2.24) is 9.62 Å². The number of hydrogen-bond donors (Lipinski definition) is 1. The van der Waals surface area contributed by atoms with Gasteiger partial charge in [-0.05, 0) is 30.0 Å². The topological polar surface area (TPSA) is 66.5 Å². The molecule has 2 heterocycles. The van der Waals surface area contributed by atoms with Crippen molar-refractivity contribution in [2.24, 2.45) is 0 Å². The molecule has 0 aliphatic heterocycles. The molecule has 0 aromatic carbocycles. The van der Waals surface area contributed by atoms with E-state index in [2.05, 4.69) is 11.3 Å². The number of sulfonamides is 1. The Hall–Kier alpha value is -1.48. The van der Waals surface area contributed by atoms with Crippen LogP contribution < -0.4 is 4.72 Å². The Morgan fingerprint density at radius 3 is 2.75 bits per heavy atom. The molecule has 8 heteroatoms. The maximum atomic E-state index is 12.7. The minimum absolute atomic E-state index is 0.0318. The van der Waals surface area contributed by atoms with Gasteiger partial charge >= 0.3 is 0 Å². The predicted molar refractivity (Wildman–Crippen MR) is 100 cm³/mol. The lowest BCUT2D eigenvalue weighted by Crippen LogP contribution is -2.29. The number of carbonyl (C=O) groups excluding carboxylic acids is 1. The van der Waals surface area contributed by atoms with Gasteiger partial charge in [0, 0.05) is 22.8 Å². The maximum Gasteiger partial charge on any atom is 0.264 e. The van der Waals surface area contributed by atoms with Crippen LogP contribution >= 0.6 is 22.7 Å². The van der Waals surface area contributed by atoms with Gasteiger partial charge in [0.1, 0.15) is 0 Å². The number of carbonyl (C=O) groups is 1.